The van der Waals surface area contributed by atoms with E-state index in [1.165, 1.54) is 10.9 Å². The third kappa shape index (κ3) is 2.72. The van der Waals surface area contributed by atoms with Crippen molar-refractivity contribution in [3.63, 3.8) is 0 Å². The van der Waals surface area contributed by atoms with Crippen LogP contribution in [0.1, 0.15) is 10.4 Å². The van der Waals surface area contributed by atoms with Crippen LogP contribution in [-0.4, -0.2) is 65.9 Å². The molecule has 0 saturated carbocycles. The van der Waals surface area contributed by atoms with E-state index in [4.69, 9.17) is 5.11 Å². The van der Waals surface area contributed by atoms with Crippen LogP contribution >= 0.6 is 0 Å². The number of aromatic nitrogens is 2. The molecule has 0 bridgehead atoms. The topological polar surface area (TPSA) is 90.7 Å². The van der Waals surface area contributed by atoms with Crippen LogP contribution in [0.3, 0.4) is 0 Å². The van der Waals surface area contributed by atoms with Gasteiger partial charge < -0.3 is 20.3 Å². The molecule has 23 heavy (non-hydrogen) atoms. The summed E-state index contributed by atoms with van der Waals surface area (Å²) in [6.07, 6.45) is 1.27. The van der Waals surface area contributed by atoms with Gasteiger partial charge >= 0.3 is 5.97 Å². The lowest BCUT2D eigenvalue weighted by Gasteiger charge is -2.33. The molecule has 0 unspecified atom stereocenters. The number of nitrogens with zero attached hydrogens (tertiary/aromatic N) is 4. The van der Waals surface area contributed by atoms with Crippen LogP contribution < -0.4 is 15.8 Å². The highest BCUT2D eigenvalue weighted by Gasteiger charge is 2.19. The summed E-state index contributed by atoms with van der Waals surface area (Å²) in [4.78, 5) is 32.5. The highest BCUT2D eigenvalue weighted by Crippen LogP contribution is 2.17. The molecule has 3 rings (SSSR count). The highest BCUT2D eigenvalue weighted by molar-refractivity contribution is 5.92. The number of aromatic carboxylic acids is 1. The van der Waals surface area contributed by atoms with Gasteiger partial charge in [-0.15, -0.1) is 0 Å². The number of hydrogen-bond acceptors (Lipinski definition) is 6. The van der Waals surface area contributed by atoms with E-state index in [2.05, 4.69) is 27.3 Å². The van der Waals surface area contributed by atoms with Crippen molar-refractivity contribution in [1.82, 2.24) is 14.6 Å². The molecule has 2 aromatic rings. The summed E-state index contributed by atoms with van der Waals surface area (Å²) in [5, 5.41) is 9.44. The minimum absolute atomic E-state index is 0.277. The maximum absolute atomic E-state index is 12.3. The van der Waals surface area contributed by atoms with Gasteiger partial charge in [0.15, 0.2) is 5.65 Å². The van der Waals surface area contributed by atoms with Gasteiger partial charge in [0.05, 0.1) is 5.39 Å². The smallest absolute Gasteiger partial charge is 0.341 e. The van der Waals surface area contributed by atoms with Crippen LogP contribution in [0.25, 0.3) is 11.0 Å². The van der Waals surface area contributed by atoms with Gasteiger partial charge in [0.25, 0.3) is 0 Å². The van der Waals surface area contributed by atoms with Crippen molar-refractivity contribution in [3.8, 4) is 0 Å². The fourth-order valence-corrected chi connectivity index (χ4v) is 2.73. The van der Waals surface area contributed by atoms with Crippen LogP contribution in [0.2, 0.25) is 0 Å². The molecule has 0 aliphatic carbocycles. The van der Waals surface area contributed by atoms with E-state index < -0.39 is 11.4 Å². The molecule has 1 aliphatic heterocycles. The predicted octanol–water partition coefficient (Wildman–Crippen LogP) is 0.0198. The van der Waals surface area contributed by atoms with E-state index in [-0.39, 0.29) is 10.9 Å². The Bertz CT molecular complexity index is 809. The lowest BCUT2D eigenvalue weighted by Crippen LogP contribution is -2.44. The van der Waals surface area contributed by atoms with Crippen molar-refractivity contribution in [2.45, 2.75) is 0 Å². The number of carbonyl (C=O) groups is 1. The van der Waals surface area contributed by atoms with Crippen LogP contribution in [0, 0.1) is 0 Å². The molecule has 1 saturated heterocycles. The van der Waals surface area contributed by atoms with Crippen LogP contribution in [0.5, 0.6) is 0 Å². The first kappa shape index (κ1) is 15.3. The Morgan fingerprint density at radius 2 is 1.96 bits per heavy atom. The average molecular weight is 317 g/mol. The Morgan fingerprint density at radius 1 is 1.26 bits per heavy atom. The molecule has 1 aliphatic rings. The van der Waals surface area contributed by atoms with E-state index in [9.17, 15) is 9.59 Å². The van der Waals surface area contributed by atoms with E-state index in [1.807, 2.05) is 0 Å². The molecule has 122 valence electrons. The molecule has 0 spiro atoms. The Hall–Kier alpha value is -2.61. The largest absolute Gasteiger partial charge is 0.477 e. The van der Waals surface area contributed by atoms with Crippen LogP contribution in [0.4, 0.5) is 5.82 Å². The fraction of sp³-hybridized carbons (Fsp3) is 0.400. The monoisotopic (exact) mass is 317 g/mol. The quantitative estimate of drug-likeness (QED) is 0.824. The minimum Gasteiger partial charge on any atom is -0.477 e. The Labute approximate surface area is 132 Å². The van der Waals surface area contributed by atoms with Crippen molar-refractivity contribution < 1.29 is 9.90 Å². The zero-order chi connectivity index (χ0) is 16.6. The zero-order valence-corrected chi connectivity index (χ0v) is 13.1. The van der Waals surface area contributed by atoms with Crippen molar-refractivity contribution in [2.24, 2.45) is 0 Å². The van der Waals surface area contributed by atoms with Gasteiger partial charge in [0, 0.05) is 39.4 Å². The maximum Gasteiger partial charge on any atom is 0.341 e. The number of carboxylic acids is 1. The normalized spacial score (nSPS) is 15.8. The van der Waals surface area contributed by atoms with E-state index in [1.54, 1.807) is 19.2 Å². The summed E-state index contributed by atoms with van der Waals surface area (Å²) < 4.78 is 1.47. The second-order valence-corrected chi connectivity index (χ2v) is 5.60. The van der Waals surface area contributed by atoms with Crippen LogP contribution in [-0.2, 0) is 0 Å². The number of rotatable bonds is 3. The second kappa shape index (κ2) is 5.88. The van der Waals surface area contributed by atoms with Gasteiger partial charge in [-0.05, 0) is 19.2 Å². The zero-order valence-electron chi connectivity index (χ0n) is 13.1. The molecule has 1 fully saturated rings. The molecule has 2 N–H and O–H groups in total. The first-order valence-corrected chi connectivity index (χ1v) is 7.42. The molecule has 0 aromatic carbocycles. The molecule has 0 atom stereocenters. The Morgan fingerprint density at radius 3 is 2.57 bits per heavy atom. The number of pyridine rings is 2. The fourth-order valence-electron chi connectivity index (χ4n) is 2.73. The lowest BCUT2D eigenvalue weighted by atomic mass is 10.2. The van der Waals surface area contributed by atoms with Crippen molar-refractivity contribution in [3.05, 3.63) is 34.1 Å². The Kier molecular flexibility index (Phi) is 3.91. The SMILES string of the molecule is CNn1cc(C(=O)O)c(=O)c2ccc(N3CCN(C)CC3)nc21. The number of anilines is 1. The second-order valence-electron chi connectivity index (χ2n) is 5.60. The van der Waals surface area contributed by atoms with E-state index in [0.717, 1.165) is 32.0 Å². The molecule has 0 radical (unpaired) electrons. The summed E-state index contributed by atoms with van der Waals surface area (Å²) in [6, 6.07) is 3.43. The third-order valence-electron chi connectivity index (χ3n) is 4.13. The number of likely N-dealkylation sites (N-methyl/N-ethyl adjacent to an activating group) is 1. The maximum atomic E-state index is 12.3. The number of hydrogen-bond donors (Lipinski definition) is 2. The molecule has 8 nitrogen and oxygen atoms in total. The standard InChI is InChI=1S/C15H19N5O3/c1-16-20-9-11(15(22)23)13(21)10-3-4-12(17-14(10)20)19-7-5-18(2)6-8-19/h3-4,9,16H,5-8H2,1-2H3,(H,22,23). The molecule has 8 heteroatoms. The average Bonchev–Trinajstić information content (AvgIpc) is 2.55. The summed E-state index contributed by atoms with van der Waals surface area (Å²) >= 11 is 0. The number of fused-ring (bicyclic) bond motifs is 1. The summed E-state index contributed by atoms with van der Waals surface area (Å²) in [5.41, 5.74) is 2.49. The summed E-state index contributed by atoms with van der Waals surface area (Å²) in [6.45, 7) is 3.64. The first-order valence-electron chi connectivity index (χ1n) is 7.42. The van der Waals surface area contributed by atoms with Gasteiger partial charge in [-0.25, -0.2) is 14.5 Å². The van der Waals surface area contributed by atoms with Crippen molar-refractivity contribution in [1.29, 1.82) is 0 Å². The number of nitrogens with one attached hydrogen (secondary N) is 1. The first-order chi connectivity index (χ1) is 11.0. The van der Waals surface area contributed by atoms with Crippen molar-refractivity contribution in [2.75, 3.05) is 50.6 Å². The molecule has 2 aromatic heterocycles. The predicted molar refractivity (Wildman–Crippen MR) is 88.0 cm³/mol. The molecule has 3 heterocycles. The third-order valence-corrected chi connectivity index (χ3v) is 4.13. The molecular formula is C15H19N5O3. The van der Waals surface area contributed by atoms with Crippen molar-refractivity contribution >= 4 is 22.8 Å². The number of carboxylic acid groups (broad SMARTS) is 1. The van der Waals surface area contributed by atoms with E-state index in [0.29, 0.717) is 5.65 Å². The molecular weight excluding hydrogens is 298 g/mol. The lowest BCUT2D eigenvalue weighted by molar-refractivity contribution is 0.0695. The minimum atomic E-state index is -1.25. The van der Waals surface area contributed by atoms with Crippen LogP contribution in [0.15, 0.2) is 23.1 Å². The molecule has 0 amide bonds. The highest BCUT2D eigenvalue weighted by atomic mass is 16.4. The number of piperazine rings is 1. The van der Waals surface area contributed by atoms with Gasteiger partial charge in [-0.3, -0.25) is 4.79 Å². The summed E-state index contributed by atoms with van der Waals surface area (Å²) in [7, 11) is 3.73. The Balaban J connectivity index is 2.11. The van der Waals surface area contributed by atoms with Gasteiger partial charge in [0.1, 0.15) is 11.4 Å². The van der Waals surface area contributed by atoms with Gasteiger partial charge in [-0.2, -0.15) is 0 Å². The summed E-state index contributed by atoms with van der Waals surface area (Å²) in [5.74, 6) is -0.457. The van der Waals surface area contributed by atoms with Gasteiger partial charge in [-0.1, -0.05) is 0 Å². The van der Waals surface area contributed by atoms with Gasteiger partial charge in [0.2, 0.25) is 5.43 Å². The van der Waals surface area contributed by atoms with E-state index >= 15 is 0 Å².